The molecule has 1 aliphatic rings. The molecule has 5 heteroatoms. The third kappa shape index (κ3) is 2.82. The minimum Gasteiger partial charge on any atom is -0.333 e. The van der Waals surface area contributed by atoms with Gasteiger partial charge in [-0.2, -0.15) is 17.0 Å². The van der Waals surface area contributed by atoms with Crippen LogP contribution in [0.4, 0.5) is 0 Å². The van der Waals surface area contributed by atoms with Crippen molar-refractivity contribution < 1.29 is 4.79 Å². The fraction of sp³-hybridized carbons (Fsp3) is 0.385. The van der Waals surface area contributed by atoms with Crippen LogP contribution >= 0.6 is 23.5 Å². The van der Waals surface area contributed by atoms with Crippen LogP contribution in [0.1, 0.15) is 16.8 Å². The molecular weight excluding hydrogens is 264 g/mol. The van der Waals surface area contributed by atoms with E-state index in [4.69, 9.17) is 0 Å². The molecule has 1 saturated heterocycles. The molecule has 1 heterocycles. The number of carbonyl (C=O) groups excluding carboxylic acids is 1. The molecular formula is C13H14N2OS2. The molecule has 0 aromatic heterocycles. The van der Waals surface area contributed by atoms with E-state index in [2.05, 4.69) is 11.4 Å². The van der Waals surface area contributed by atoms with E-state index in [1.165, 1.54) is 0 Å². The minimum absolute atomic E-state index is 0.160. The van der Waals surface area contributed by atoms with Gasteiger partial charge in [0.2, 0.25) is 0 Å². The van der Waals surface area contributed by atoms with Crippen molar-refractivity contribution in [2.24, 2.45) is 0 Å². The van der Waals surface area contributed by atoms with Gasteiger partial charge in [-0.05, 0) is 42.7 Å². The standard InChI is InChI=1S/C13H14N2OS2/c1-17-11-4-2-10(3-5-11)12(16)15-13(8-14)6-7-18-9-13/h2-5H,6-7,9H2,1H3,(H,15,16). The number of nitrogens with zero attached hydrogens (tertiary/aromatic N) is 1. The van der Waals surface area contributed by atoms with Crippen LogP contribution in [0.3, 0.4) is 0 Å². The SMILES string of the molecule is CSc1ccc(C(=O)NC2(C#N)CCSC2)cc1. The zero-order chi connectivity index (χ0) is 13.0. The van der Waals surface area contributed by atoms with Gasteiger partial charge in [0.05, 0.1) is 6.07 Å². The lowest BCUT2D eigenvalue weighted by molar-refractivity contribution is 0.0926. The lowest BCUT2D eigenvalue weighted by Gasteiger charge is -2.21. The first-order valence-corrected chi connectivity index (χ1v) is 8.03. The fourth-order valence-corrected chi connectivity index (χ4v) is 3.49. The monoisotopic (exact) mass is 278 g/mol. The Morgan fingerprint density at radius 2 is 2.22 bits per heavy atom. The molecule has 3 nitrogen and oxygen atoms in total. The van der Waals surface area contributed by atoms with E-state index in [0.717, 1.165) is 17.1 Å². The van der Waals surface area contributed by atoms with Crippen molar-refractivity contribution in [3.05, 3.63) is 29.8 Å². The molecule has 1 aromatic carbocycles. The maximum absolute atomic E-state index is 12.1. The highest BCUT2D eigenvalue weighted by Gasteiger charge is 2.36. The van der Waals surface area contributed by atoms with E-state index in [1.807, 2.05) is 18.4 Å². The summed E-state index contributed by atoms with van der Waals surface area (Å²) in [6.45, 7) is 0. The van der Waals surface area contributed by atoms with E-state index in [1.54, 1.807) is 35.7 Å². The summed E-state index contributed by atoms with van der Waals surface area (Å²) in [5.41, 5.74) is -0.0701. The molecule has 0 bridgehead atoms. The van der Waals surface area contributed by atoms with Gasteiger partial charge in [-0.3, -0.25) is 4.79 Å². The first-order chi connectivity index (χ1) is 8.69. The maximum atomic E-state index is 12.1. The van der Waals surface area contributed by atoms with Crippen LogP contribution in [0.5, 0.6) is 0 Å². The van der Waals surface area contributed by atoms with Gasteiger partial charge < -0.3 is 5.32 Å². The molecule has 18 heavy (non-hydrogen) atoms. The van der Waals surface area contributed by atoms with E-state index in [0.29, 0.717) is 11.3 Å². The van der Waals surface area contributed by atoms with Crippen molar-refractivity contribution in [1.29, 1.82) is 5.26 Å². The first kappa shape index (κ1) is 13.3. The van der Waals surface area contributed by atoms with Crippen molar-refractivity contribution in [1.82, 2.24) is 5.32 Å². The third-order valence-corrected chi connectivity index (χ3v) is 4.87. The van der Waals surface area contributed by atoms with Gasteiger partial charge in [-0.25, -0.2) is 0 Å². The molecule has 0 spiro atoms. The molecule has 2 rings (SSSR count). The summed E-state index contributed by atoms with van der Waals surface area (Å²) in [6, 6.07) is 9.68. The van der Waals surface area contributed by atoms with E-state index in [9.17, 15) is 10.1 Å². The number of hydrogen-bond donors (Lipinski definition) is 1. The van der Waals surface area contributed by atoms with Gasteiger partial charge in [0.15, 0.2) is 0 Å². The van der Waals surface area contributed by atoms with Crippen molar-refractivity contribution in [2.75, 3.05) is 17.8 Å². The molecule has 0 aliphatic carbocycles. The van der Waals surface area contributed by atoms with Crippen LogP contribution in [0.25, 0.3) is 0 Å². The predicted octanol–water partition coefficient (Wildman–Crippen LogP) is 2.54. The molecule has 1 aromatic rings. The average Bonchev–Trinajstić information content (AvgIpc) is 2.88. The summed E-state index contributed by atoms with van der Waals surface area (Å²) in [6.07, 6.45) is 2.72. The average molecular weight is 278 g/mol. The quantitative estimate of drug-likeness (QED) is 0.863. The Morgan fingerprint density at radius 1 is 1.50 bits per heavy atom. The second-order valence-corrected chi connectivity index (χ2v) is 6.16. The zero-order valence-corrected chi connectivity index (χ0v) is 11.7. The summed E-state index contributed by atoms with van der Waals surface area (Å²) >= 11 is 3.35. The number of amides is 1. The Morgan fingerprint density at radius 3 is 2.72 bits per heavy atom. The summed E-state index contributed by atoms with van der Waals surface area (Å²) < 4.78 is 0. The number of rotatable bonds is 3. The van der Waals surface area contributed by atoms with Crippen LogP contribution in [0.15, 0.2) is 29.2 Å². The smallest absolute Gasteiger partial charge is 0.252 e. The Labute approximate surface area is 115 Å². The van der Waals surface area contributed by atoms with Gasteiger partial charge >= 0.3 is 0 Å². The summed E-state index contributed by atoms with van der Waals surface area (Å²) in [5.74, 6) is 1.45. The Kier molecular flexibility index (Phi) is 4.20. The number of nitrogens with one attached hydrogen (secondary N) is 1. The van der Waals surface area contributed by atoms with Crippen molar-refractivity contribution in [3.63, 3.8) is 0 Å². The van der Waals surface area contributed by atoms with Crippen molar-refractivity contribution >= 4 is 29.4 Å². The van der Waals surface area contributed by atoms with Crippen LogP contribution in [0.2, 0.25) is 0 Å². The second-order valence-electron chi connectivity index (χ2n) is 4.18. The number of hydrogen-bond acceptors (Lipinski definition) is 4. The minimum atomic E-state index is -0.681. The Balaban J connectivity index is 2.09. The van der Waals surface area contributed by atoms with Crippen molar-refractivity contribution in [3.8, 4) is 6.07 Å². The van der Waals surface area contributed by atoms with Gasteiger partial charge in [0, 0.05) is 16.2 Å². The third-order valence-electron chi connectivity index (χ3n) is 2.94. The van der Waals surface area contributed by atoms with E-state index >= 15 is 0 Å². The Hall–Kier alpha value is -1.12. The van der Waals surface area contributed by atoms with Crippen LogP contribution in [-0.4, -0.2) is 29.2 Å². The fourth-order valence-electron chi connectivity index (χ4n) is 1.81. The van der Waals surface area contributed by atoms with Crippen molar-refractivity contribution in [2.45, 2.75) is 16.9 Å². The molecule has 1 N–H and O–H groups in total. The summed E-state index contributed by atoms with van der Waals surface area (Å²) in [7, 11) is 0. The highest BCUT2D eigenvalue weighted by atomic mass is 32.2. The van der Waals surface area contributed by atoms with E-state index in [-0.39, 0.29) is 5.91 Å². The van der Waals surface area contributed by atoms with Gasteiger partial charge in [-0.1, -0.05) is 0 Å². The van der Waals surface area contributed by atoms with E-state index < -0.39 is 5.54 Å². The number of carbonyl (C=O) groups is 1. The molecule has 1 aliphatic heterocycles. The maximum Gasteiger partial charge on any atom is 0.252 e. The number of thioether (sulfide) groups is 2. The lowest BCUT2D eigenvalue weighted by atomic mass is 10.0. The number of nitriles is 1. The Bertz CT molecular complexity index is 473. The van der Waals surface area contributed by atoms with Crippen LogP contribution < -0.4 is 5.32 Å². The zero-order valence-electron chi connectivity index (χ0n) is 10.1. The molecule has 0 saturated carbocycles. The largest absolute Gasteiger partial charge is 0.333 e. The summed E-state index contributed by atoms with van der Waals surface area (Å²) in [4.78, 5) is 13.2. The normalized spacial score (nSPS) is 22.4. The van der Waals surface area contributed by atoms with Crippen LogP contribution in [0, 0.1) is 11.3 Å². The molecule has 0 radical (unpaired) electrons. The topological polar surface area (TPSA) is 52.9 Å². The molecule has 94 valence electrons. The van der Waals surface area contributed by atoms with Gasteiger partial charge in [0.25, 0.3) is 5.91 Å². The molecule has 1 unspecified atom stereocenters. The first-order valence-electron chi connectivity index (χ1n) is 5.65. The van der Waals surface area contributed by atoms with Gasteiger partial charge in [0.1, 0.15) is 5.54 Å². The summed E-state index contributed by atoms with van der Waals surface area (Å²) in [5, 5.41) is 12.1. The van der Waals surface area contributed by atoms with Gasteiger partial charge in [-0.15, -0.1) is 11.8 Å². The highest BCUT2D eigenvalue weighted by molar-refractivity contribution is 7.99. The lowest BCUT2D eigenvalue weighted by Crippen LogP contribution is -2.47. The molecule has 1 atom stereocenters. The number of benzene rings is 1. The second kappa shape index (κ2) is 5.68. The predicted molar refractivity (Wildman–Crippen MR) is 76.0 cm³/mol. The molecule has 1 amide bonds. The van der Waals surface area contributed by atoms with Crippen LogP contribution in [-0.2, 0) is 0 Å². The molecule has 1 fully saturated rings. The highest BCUT2D eigenvalue weighted by Crippen LogP contribution is 2.27.